The van der Waals surface area contributed by atoms with Crippen LogP contribution in [0.3, 0.4) is 0 Å². The highest BCUT2D eigenvalue weighted by Crippen LogP contribution is 2.34. The Hall–Kier alpha value is -1.56. The highest BCUT2D eigenvalue weighted by molar-refractivity contribution is 8.18. The van der Waals surface area contributed by atoms with Crippen LogP contribution in [0.2, 0.25) is 5.02 Å². The van der Waals surface area contributed by atoms with E-state index in [1.54, 1.807) is 12.1 Å². The van der Waals surface area contributed by atoms with E-state index in [2.05, 4.69) is 0 Å². The summed E-state index contributed by atoms with van der Waals surface area (Å²) >= 11 is 8.58. The second-order valence-electron chi connectivity index (χ2n) is 4.37. The minimum absolute atomic E-state index is 0.201. The van der Waals surface area contributed by atoms with E-state index >= 15 is 0 Å². The second kappa shape index (κ2) is 6.05. The largest absolute Gasteiger partial charge is 0.293 e. The summed E-state index contributed by atoms with van der Waals surface area (Å²) in [7, 11) is 0. The first-order valence-electron chi connectivity index (χ1n) is 6.17. The van der Waals surface area contributed by atoms with Gasteiger partial charge in [0.15, 0.2) is 0 Å². The van der Waals surface area contributed by atoms with Crippen molar-refractivity contribution >= 4 is 51.9 Å². The SMILES string of the molecule is O=C1S/C(=C\c2cccs2)C(=O)N1Cc1ccccc1Cl. The van der Waals surface area contributed by atoms with Crippen LogP contribution in [-0.4, -0.2) is 16.0 Å². The van der Waals surface area contributed by atoms with Crippen molar-refractivity contribution in [2.45, 2.75) is 6.54 Å². The molecule has 1 aromatic carbocycles. The lowest BCUT2D eigenvalue weighted by Crippen LogP contribution is -2.27. The van der Waals surface area contributed by atoms with Crippen LogP contribution in [0.1, 0.15) is 10.4 Å². The van der Waals surface area contributed by atoms with Gasteiger partial charge in [0.05, 0.1) is 11.4 Å². The van der Waals surface area contributed by atoms with Crippen LogP contribution in [-0.2, 0) is 11.3 Å². The number of carbonyl (C=O) groups is 2. The molecule has 3 nitrogen and oxygen atoms in total. The Morgan fingerprint density at radius 1 is 1.14 bits per heavy atom. The van der Waals surface area contributed by atoms with E-state index in [1.165, 1.54) is 16.2 Å². The first kappa shape index (κ1) is 14.4. The van der Waals surface area contributed by atoms with E-state index in [-0.39, 0.29) is 17.7 Å². The molecule has 2 heterocycles. The van der Waals surface area contributed by atoms with Crippen LogP contribution in [0, 0.1) is 0 Å². The van der Waals surface area contributed by atoms with Crippen molar-refractivity contribution in [1.82, 2.24) is 4.90 Å². The highest BCUT2D eigenvalue weighted by Gasteiger charge is 2.35. The number of rotatable bonds is 3. The van der Waals surface area contributed by atoms with Gasteiger partial charge in [-0.25, -0.2) is 0 Å². The van der Waals surface area contributed by atoms with Gasteiger partial charge >= 0.3 is 0 Å². The van der Waals surface area contributed by atoms with Crippen molar-refractivity contribution in [2.75, 3.05) is 0 Å². The molecule has 1 aliphatic rings. The summed E-state index contributed by atoms with van der Waals surface area (Å²) in [4.78, 5) is 27.0. The number of amides is 2. The van der Waals surface area contributed by atoms with E-state index in [0.717, 1.165) is 22.2 Å². The molecule has 0 atom stereocenters. The first-order chi connectivity index (χ1) is 10.1. The van der Waals surface area contributed by atoms with Crippen LogP contribution < -0.4 is 0 Å². The third-order valence-corrected chi connectivity index (χ3v) is 5.07. The molecule has 0 spiro atoms. The molecule has 3 rings (SSSR count). The summed E-state index contributed by atoms with van der Waals surface area (Å²) in [5.41, 5.74) is 0.763. The van der Waals surface area contributed by atoms with Gasteiger partial charge in [0, 0.05) is 9.90 Å². The van der Waals surface area contributed by atoms with Crippen LogP contribution in [0.5, 0.6) is 0 Å². The van der Waals surface area contributed by atoms with E-state index in [1.807, 2.05) is 35.7 Å². The molecule has 2 aromatic rings. The Balaban J connectivity index is 1.83. The molecule has 6 heteroatoms. The standard InChI is InChI=1S/C15H10ClNO2S2/c16-12-6-2-1-4-10(12)9-17-14(18)13(21-15(17)19)8-11-5-3-7-20-11/h1-8H,9H2/b13-8-. The topological polar surface area (TPSA) is 37.4 Å². The maximum Gasteiger partial charge on any atom is 0.293 e. The lowest BCUT2D eigenvalue weighted by molar-refractivity contribution is -0.123. The van der Waals surface area contributed by atoms with Crippen molar-refractivity contribution in [3.8, 4) is 0 Å². The Labute approximate surface area is 135 Å². The zero-order valence-corrected chi connectivity index (χ0v) is 13.2. The molecule has 1 fully saturated rings. The predicted molar refractivity (Wildman–Crippen MR) is 87.3 cm³/mol. The van der Waals surface area contributed by atoms with E-state index in [4.69, 9.17) is 11.6 Å². The monoisotopic (exact) mass is 335 g/mol. The Bertz CT molecular complexity index is 725. The summed E-state index contributed by atoms with van der Waals surface area (Å²) in [6.07, 6.45) is 1.75. The predicted octanol–water partition coefficient (Wildman–Crippen LogP) is 4.64. The Morgan fingerprint density at radius 2 is 1.95 bits per heavy atom. The summed E-state index contributed by atoms with van der Waals surface area (Å²) in [6.45, 7) is 0.201. The second-order valence-corrected chi connectivity index (χ2v) is 6.75. The fourth-order valence-corrected chi connectivity index (χ4v) is 3.69. The van der Waals surface area contributed by atoms with Crippen LogP contribution in [0.25, 0.3) is 6.08 Å². The number of thiophene rings is 1. The van der Waals surface area contributed by atoms with Crippen molar-refractivity contribution in [3.63, 3.8) is 0 Å². The number of carbonyl (C=O) groups excluding carboxylic acids is 2. The molecule has 0 aliphatic carbocycles. The molecule has 0 radical (unpaired) electrons. The molecule has 1 aromatic heterocycles. The molecule has 0 bridgehead atoms. The minimum Gasteiger partial charge on any atom is -0.268 e. The molecule has 1 aliphatic heterocycles. The number of benzene rings is 1. The van der Waals surface area contributed by atoms with Gasteiger partial charge in [0.25, 0.3) is 11.1 Å². The van der Waals surface area contributed by atoms with E-state index < -0.39 is 0 Å². The van der Waals surface area contributed by atoms with Crippen LogP contribution >= 0.6 is 34.7 Å². The van der Waals surface area contributed by atoms with Gasteiger partial charge in [-0.2, -0.15) is 0 Å². The fraction of sp³-hybridized carbons (Fsp3) is 0.0667. The number of hydrogen-bond acceptors (Lipinski definition) is 4. The third-order valence-electron chi connectivity index (χ3n) is 2.98. The Morgan fingerprint density at radius 3 is 2.67 bits per heavy atom. The van der Waals surface area contributed by atoms with Gasteiger partial charge in [-0.3, -0.25) is 14.5 Å². The number of hydrogen-bond donors (Lipinski definition) is 0. The van der Waals surface area contributed by atoms with Gasteiger partial charge in [0.1, 0.15) is 0 Å². The molecule has 0 saturated carbocycles. The van der Waals surface area contributed by atoms with Gasteiger partial charge in [0.2, 0.25) is 0 Å². The van der Waals surface area contributed by atoms with Gasteiger partial charge in [-0.05, 0) is 40.9 Å². The van der Waals surface area contributed by atoms with Crippen molar-refractivity contribution in [3.05, 3.63) is 62.1 Å². The molecule has 21 heavy (non-hydrogen) atoms. The highest BCUT2D eigenvalue weighted by atomic mass is 35.5. The molecule has 2 amide bonds. The number of nitrogens with zero attached hydrogens (tertiary/aromatic N) is 1. The zero-order valence-electron chi connectivity index (χ0n) is 10.8. The number of imide groups is 1. The zero-order chi connectivity index (χ0) is 14.8. The summed E-state index contributed by atoms with van der Waals surface area (Å²) in [5, 5.41) is 2.22. The smallest absolute Gasteiger partial charge is 0.268 e. The fourth-order valence-electron chi connectivity index (χ4n) is 1.94. The lowest BCUT2D eigenvalue weighted by Gasteiger charge is -2.13. The number of thioether (sulfide) groups is 1. The lowest BCUT2D eigenvalue weighted by atomic mass is 10.2. The van der Waals surface area contributed by atoms with Crippen molar-refractivity contribution in [2.24, 2.45) is 0 Å². The molecule has 0 N–H and O–H groups in total. The maximum atomic E-state index is 12.3. The molecule has 0 unspecified atom stereocenters. The average molecular weight is 336 g/mol. The Kier molecular flexibility index (Phi) is 4.14. The van der Waals surface area contributed by atoms with Crippen molar-refractivity contribution in [1.29, 1.82) is 0 Å². The normalized spacial score (nSPS) is 17.0. The van der Waals surface area contributed by atoms with E-state index in [0.29, 0.717) is 9.93 Å². The summed E-state index contributed by atoms with van der Waals surface area (Å²) in [5.74, 6) is -0.265. The van der Waals surface area contributed by atoms with Crippen molar-refractivity contribution < 1.29 is 9.59 Å². The molecular weight excluding hydrogens is 326 g/mol. The average Bonchev–Trinajstić information content (AvgIpc) is 3.05. The summed E-state index contributed by atoms with van der Waals surface area (Å²) < 4.78 is 0. The summed E-state index contributed by atoms with van der Waals surface area (Å²) in [6, 6.07) is 11.0. The first-order valence-corrected chi connectivity index (χ1v) is 8.25. The molecular formula is C15H10ClNO2S2. The van der Waals surface area contributed by atoms with Gasteiger partial charge in [-0.1, -0.05) is 35.9 Å². The van der Waals surface area contributed by atoms with Gasteiger partial charge < -0.3 is 0 Å². The van der Waals surface area contributed by atoms with Crippen LogP contribution in [0.4, 0.5) is 4.79 Å². The van der Waals surface area contributed by atoms with Gasteiger partial charge in [-0.15, -0.1) is 11.3 Å². The quantitative estimate of drug-likeness (QED) is 0.767. The number of halogens is 1. The molecule has 1 saturated heterocycles. The van der Waals surface area contributed by atoms with E-state index in [9.17, 15) is 9.59 Å². The maximum absolute atomic E-state index is 12.3. The minimum atomic E-state index is -0.265. The molecule has 106 valence electrons. The third kappa shape index (κ3) is 3.05. The van der Waals surface area contributed by atoms with Crippen LogP contribution in [0.15, 0.2) is 46.7 Å².